The van der Waals surface area contributed by atoms with Crippen LogP contribution in [0.2, 0.25) is 0 Å². The fourth-order valence-electron chi connectivity index (χ4n) is 3.88. The summed E-state index contributed by atoms with van der Waals surface area (Å²) >= 11 is 1.39. The Balaban J connectivity index is 1.47. The van der Waals surface area contributed by atoms with Gasteiger partial charge in [-0.3, -0.25) is 4.79 Å². The number of halogens is 3. The molecule has 31 heavy (non-hydrogen) atoms. The molecule has 0 radical (unpaired) electrons. The predicted molar refractivity (Wildman–Crippen MR) is 115 cm³/mol. The molecular formula is C22H17F3N4OS. The van der Waals surface area contributed by atoms with Crippen LogP contribution in [0.1, 0.15) is 33.9 Å². The van der Waals surface area contributed by atoms with E-state index in [1.54, 1.807) is 18.2 Å². The number of thiophene rings is 1. The number of aromatic nitrogens is 2. The van der Waals surface area contributed by atoms with Crippen molar-refractivity contribution in [3.63, 3.8) is 0 Å². The van der Waals surface area contributed by atoms with Crippen molar-refractivity contribution in [3.8, 4) is 0 Å². The van der Waals surface area contributed by atoms with Crippen LogP contribution in [0.4, 0.5) is 24.7 Å². The minimum absolute atomic E-state index is 0.0727. The van der Waals surface area contributed by atoms with Crippen molar-refractivity contribution in [1.82, 2.24) is 9.78 Å². The van der Waals surface area contributed by atoms with E-state index in [0.717, 1.165) is 20.3 Å². The van der Waals surface area contributed by atoms with Gasteiger partial charge in [-0.1, -0.05) is 42.5 Å². The highest BCUT2D eigenvalue weighted by atomic mass is 32.1. The number of alkyl halides is 3. The molecule has 0 bridgehead atoms. The number of nitrogens with zero attached hydrogens (tertiary/aromatic N) is 2. The standard InChI is InChI=1S/C22H17F3N4OS/c23-22(24,25)19-11-16(18-9-4-10-31-18)26-20-12-17(28-29(19)20)21(30)27-15-8-3-6-13-5-1-2-7-14(13)15/h1-10,12,16,19,26H,11H2,(H,27,30)/t16-,19+/m1/s1. The molecule has 5 rings (SSSR count). The summed E-state index contributed by atoms with van der Waals surface area (Å²) in [6, 6.07) is 15.7. The normalized spacial score (nSPS) is 18.4. The number of amides is 1. The van der Waals surface area contributed by atoms with E-state index in [1.165, 1.54) is 17.4 Å². The molecule has 2 N–H and O–H groups in total. The van der Waals surface area contributed by atoms with Crippen LogP contribution in [0.5, 0.6) is 0 Å². The molecule has 1 amide bonds. The first-order chi connectivity index (χ1) is 14.9. The first kappa shape index (κ1) is 19.6. The predicted octanol–water partition coefficient (Wildman–Crippen LogP) is 6.01. The zero-order valence-corrected chi connectivity index (χ0v) is 16.9. The molecule has 2 atom stereocenters. The Morgan fingerprint density at radius 1 is 1.13 bits per heavy atom. The van der Waals surface area contributed by atoms with E-state index >= 15 is 0 Å². The average molecular weight is 442 g/mol. The molecule has 0 unspecified atom stereocenters. The van der Waals surface area contributed by atoms with Gasteiger partial charge in [0, 0.05) is 28.4 Å². The van der Waals surface area contributed by atoms with Crippen LogP contribution in [0.25, 0.3) is 10.8 Å². The molecule has 1 aliphatic heterocycles. The number of anilines is 2. The Kier molecular flexibility index (Phi) is 4.70. The van der Waals surface area contributed by atoms with Gasteiger partial charge < -0.3 is 10.6 Å². The quantitative estimate of drug-likeness (QED) is 0.409. The van der Waals surface area contributed by atoms with Crippen molar-refractivity contribution >= 4 is 39.5 Å². The van der Waals surface area contributed by atoms with E-state index in [4.69, 9.17) is 0 Å². The lowest BCUT2D eigenvalue weighted by molar-refractivity contribution is -0.173. The maximum absolute atomic E-state index is 13.8. The number of hydrogen-bond acceptors (Lipinski definition) is 4. The Morgan fingerprint density at radius 3 is 2.71 bits per heavy atom. The fraction of sp³-hybridized carbons (Fsp3) is 0.182. The van der Waals surface area contributed by atoms with Crippen LogP contribution < -0.4 is 10.6 Å². The Labute approximate surface area is 179 Å². The summed E-state index contributed by atoms with van der Waals surface area (Å²) in [5, 5.41) is 13.5. The molecule has 158 valence electrons. The lowest BCUT2D eigenvalue weighted by atomic mass is 10.0. The summed E-state index contributed by atoms with van der Waals surface area (Å²) in [7, 11) is 0. The highest BCUT2D eigenvalue weighted by molar-refractivity contribution is 7.10. The third-order valence-electron chi connectivity index (χ3n) is 5.35. The number of carbonyl (C=O) groups is 1. The molecule has 0 saturated carbocycles. The minimum Gasteiger partial charge on any atom is -0.363 e. The average Bonchev–Trinajstić information content (AvgIpc) is 3.42. The Bertz CT molecular complexity index is 1240. The van der Waals surface area contributed by atoms with Gasteiger partial charge in [-0.25, -0.2) is 4.68 Å². The van der Waals surface area contributed by atoms with E-state index in [9.17, 15) is 18.0 Å². The van der Waals surface area contributed by atoms with Gasteiger partial charge in [0.15, 0.2) is 11.7 Å². The zero-order chi connectivity index (χ0) is 21.6. The summed E-state index contributed by atoms with van der Waals surface area (Å²) in [6.45, 7) is 0. The lowest BCUT2D eigenvalue weighted by Crippen LogP contribution is -2.35. The third-order valence-corrected chi connectivity index (χ3v) is 6.33. The number of fused-ring (bicyclic) bond motifs is 2. The zero-order valence-electron chi connectivity index (χ0n) is 16.1. The first-order valence-corrected chi connectivity index (χ1v) is 10.5. The van der Waals surface area contributed by atoms with Crippen molar-refractivity contribution in [2.24, 2.45) is 0 Å². The van der Waals surface area contributed by atoms with Gasteiger partial charge >= 0.3 is 6.18 Å². The molecule has 2 aromatic heterocycles. The number of rotatable bonds is 3. The molecule has 4 aromatic rings. The monoisotopic (exact) mass is 442 g/mol. The van der Waals surface area contributed by atoms with Crippen molar-refractivity contribution in [2.45, 2.75) is 24.7 Å². The van der Waals surface area contributed by atoms with E-state index in [0.29, 0.717) is 5.69 Å². The van der Waals surface area contributed by atoms with Crippen molar-refractivity contribution in [2.75, 3.05) is 10.6 Å². The maximum atomic E-state index is 13.8. The van der Waals surface area contributed by atoms with Crippen LogP contribution in [0, 0.1) is 0 Å². The van der Waals surface area contributed by atoms with E-state index in [2.05, 4.69) is 15.7 Å². The van der Waals surface area contributed by atoms with Gasteiger partial charge in [-0.15, -0.1) is 11.3 Å². The molecule has 0 spiro atoms. The first-order valence-electron chi connectivity index (χ1n) is 9.65. The van der Waals surface area contributed by atoms with Crippen LogP contribution >= 0.6 is 11.3 Å². The lowest BCUT2D eigenvalue weighted by Gasteiger charge is -2.32. The topological polar surface area (TPSA) is 59.0 Å². The summed E-state index contributed by atoms with van der Waals surface area (Å²) in [5.41, 5.74) is 0.502. The molecule has 2 aromatic carbocycles. The summed E-state index contributed by atoms with van der Waals surface area (Å²) in [6.07, 6.45) is -4.68. The maximum Gasteiger partial charge on any atom is 0.410 e. The highest BCUT2D eigenvalue weighted by Gasteiger charge is 2.47. The minimum atomic E-state index is -4.48. The smallest absolute Gasteiger partial charge is 0.363 e. The molecule has 1 aliphatic rings. The second-order valence-electron chi connectivity index (χ2n) is 7.35. The van der Waals surface area contributed by atoms with E-state index in [1.807, 2.05) is 41.8 Å². The van der Waals surface area contributed by atoms with Crippen molar-refractivity contribution in [3.05, 3.63) is 76.6 Å². The van der Waals surface area contributed by atoms with Crippen LogP contribution in [0.15, 0.2) is 66.0 Å². The number of benzene rings is 2. The molecule has 0 saturated heterocycles. The Morgan fingerprint density at radius 2 is 1.94 bits per heavy atom. The van der Waals surface area contributed by atoms with Gasteiger partial charge in [-0.2, -0.15) is 18.3 Å². The number of nitrogens with one attached hydrogen (secondary N) is 2. The third kappa shape index (κ3) is 3.65. The van der Waals surface area contributed by atoms with Gasteiger partial charge in [0.1, 0.15) is 5.82 Å². The molecule has 0 fully saturated rings. The van der Waals surface area contributed by atoms with Crippen molar-refractivity contribution in [1.29, 1.82) is 0 Å². The molecule has 9 heteroatoms. The second-order valence-corrected chi connectivity index (χ2v) is 8.32. The molecular weight excluding hydrogens is 425 g/mol. The molecule has 0 aliphatic carbocycles. The van der Waals surface area contributed by atoms with Crippen LogP contribution in [-0.4, -0.2) is 21.9 Å². The number of carbonyl (C=O) groups excluding carboxylic acids is 1. The highest BCUT2D eigenvalue weighted by Crippen LogP contribution is 2.44. The van der Waals surface area contributed by atoms with Crippen LogP contribution in [0.3, 0.4) is 0 Å². The van der Waals surface area contributed by atoms with Gasteiger partial charge in [-0.05, 0) is 22.9 Å². The summed E-state index contributed by atoms with van der Waals surface area (Å²) < 4.78 is 42.2. The van der Waals surface area contributed by atoms with E-state index < -0.39 is 24.2 Å². The Hall–Kier alpha value is -3.33. The summed E-state index contributed by atoms with van der Waals surface area (Å²) in [5.74, 6) is -0.385. The largest absolute Gasteiger partial charge is 0.410 e. The SMILES string of the molecule is O=C(Nc1cccc2ccccc12)c1cc2n(n1)[C@H](C(F)(F)F)C[C@H](c1cccs1)N2. The molecule has 3 heterocycles. The number of hydrogen-bond donors (Lipinski definition) is 2. The van der Waals surface area contributed by atoms with Gasteiger partial charge in [0.05, 0.1) is 6.04 Å². The summed E-state index contributed by atoms with van der Waals surface area (Å²) in [4.78, 5) is 13.7. The van der Waals surface area contributed by atoms with Crippen molar-refractivity contribution < 1.29 is 18.0 Å². The van der Waals surface area contributed by atoms with Gasteiger partial charge in [0.2, 0.25) is 0 Å². The van der Waals surface area contributed by atoms with Crippen LogP contribution in [-0.2, 0) is 0 Å². The molecule has 5 nitrogen and oxygen atoms in total. The second kappa shape index (κ2) is 7.42. The van der Waals surface area contributed by atoms with Gasteiger partial charge in [0.25, 0.3) is 5.91 Å². The fourth-order valence-corrected chi connectivity index (χ4v) is 4.67. The van der Waals surface area contributed by atoms with E-state index in [-0.39, 0.29) is 17.9 Å².